The number of rotatable bonds is 4. The van der Waals surface area contributed by atoms with Crippen LogP contribution < -0.4 is 14.8 Å². The van der Waals surface area contributed by atoms with E-state index in [0.29, 0.717) is 13.2 Å². The van der Waals surface area contributed by atoms with Crippen molar-refractivity contribution in [3.05, 3.63) is 46.9 Å². The standard InChI is InChI=1S/C18H18BrNO3S/c1-12(18(21)20-14-5-2-4-13(19)10-14)24-15-6-7-16-17(11-15)23-9-3-8-22-16/h2,4-7,10-12H,3,8-9H2,1H3,(H,20,21)/t12-/m0/s1. The van der Waals surface area contributed by atoms with Gasteiger partial charge in [-0.2, -0.15) is 0 Å². The van der Waals surface area contributed by atoms with Gasteiger partial charge in [-0.05, 0) is 43.3 Å². The summed E-state index contributed by atoms with van der Waals surface area (Å²) in [6, 6.07) is 13.4. The van der Waals surface area contributed by atoms with Gasteiger partial charge in [0.2, 0.25) is 5.91 Å². The Bertz CT molecular complexity index is 738. The Morgan fingerprint density at radius 2 is 1.96 bits per heavy atom. The molecule has 3 rings (SSSR count). The summed E-state index contributed by atoms with van der Waals surface area (Å²) in [5, 5.41) is 2.70. The fraction of sp³-hybridized carbons (Fsp3) is 0.278. The first kappa shape index (κ1) is 17.2. The smallest absolute Gasteiger partial charge is 0.237 e. The van der Waals surface area contributed by atoms with E-state index in [1.807, 2.05) is 49.4 Å². The van der Waals surface area contributed by atoms with Crippen LogP contribution in [0.15, 0.2) is 51.8 Å². The minimum Gasteiger partial charge on any atom is -0.490 e. The normalized spacial score (nSPS) is 14.6. The van der Waals surface area contributed by atoms with E-state index in [1.54, 1.807) is 0 Å². The molecule has 0 spiro atoms. The Labute approximate surface area is 154 Å². The molecule has 1 N–H and O–H groups in total. The first-order valence-corrected chi connectivity index (χ1v) is 9.42. The summed E-state index contributed by atoms with van der Waals surface area (Å²) >= 11 is 4.90. The Hall–Kier alpha value is -1.66. The van der Waals surface area contributed by atoms with Crippen LogP contribution in [-0.4, -0.2) is 24.4 Å². The highest BCUT2D eigenvalue weighted by atomic mass is 79.9. The van der Waals surface area contributed by atoms with Crippen molar-refractivity contribution in [3.63, 3.8) is 0 Å². The van der Waals surface area contributed by atoms with Crippen LogP contribution in [0.5, 0.6) is 11.5 Å². The van der Waals surface area contributed by atoms with Crippen molar-refractivity contribution in [1.29, 1.82) is 0 Å². The number of halogens is 1. The van der Waals surface area contributed by atoms with E-state index in [1.165, 1.54) is 11.8 Å². The molecule has 126 valence electrons. The summed E-state index contributed by atoms with van der Waals surface area (Å²) in [4.78, 5) is 13.4. The van der Waals surface area contributed by atoms with Crippen LogP contribution in [0.3, 0.4) is 0 Å². The zero-order chi connectivity index (χ0) is 16.9. The van der Waals surface area contributed by atoms with Crippen molar-refractivity contribution in [2.45, 2.75) is 23.5 Å². The van der Waals surface area contributed by atoms with Crippen LogP contribution >= 0.6 is 27.7 Å². The molecular weight excluding hydrogens is 390 g/mol. The van der Waals surface area contributed by atoms with Gasteiger partial charge in [0, 0.05) is 21.5 Å². The molecule has 0 radical (unpaired) electrons. The maximum absolute atomic E-state index is 12.4. The summed E-state index contributed by atoms with van der Waals surface area (Å²) in [5.41, 5.74) is 0.778. The van der Waals surface area contributed by atoms with Crippen molar-refractivity contribution in [1.82, 2.24) is 0 Å². The van der Waals surface area contributed by atoms with Crippen molar-refractivity contribution in [2.75, 3.05) is 18.5 Å². The van der Waals surface area contributed by atoms with Crippen LogP contribution in [0.2, 0.25) is 0 Å². The van der Waals surface area contributed by atoms with E-state index in [-0.39, 0.29) is 11.2 Å². The third-order valence-corrected chi connectivity index (χ3v) is 5.08. The number of hydrogen-bond acceptors (Lipinski definition) is 4. The van der Waals surface area contributed by atoms with Gasteiger partial charge in [0.05, 0.1) is 18.5 Å². The number of carbonyl (C=O) groups excluding carboxylic acids is 1. The summed E-state index contributed by atoms with van der Waals surface area (Å²) in [7, 11) is 0. The third kappa shape index (κ3) is 4.45. The SMILES string of the molecule is C[C@H](Sc1ccc2c(c1)OCCCO2)C(=O)Nc1cccc(Br)c1. The fourth-order valence-corrected chi connectivity index (χ4v) is 3.58. The quantitative estimate of drug-likeness (QED) is 0.744. The van der Waals surface area contributed by atoms with Gasteiger partial charge in [0.15, 0.2) is 11.5 Å². The molecule has 2 aromatic rings. The highest BCUT2D eigenvalue weighted by Crippen LogP contribution is 2.35. The number of thioether (sulfide) groups is 1. The number of carbonyl (C=O) groups is 1. The van der Waals surface area contributed by atoms with E-state index < -0.39 is 0 Å². The topological polar surface area (TPSA) is 47.6 Å². The fourth-order valence-electron chi connectivity index (χ4n) is 2.28. The molecule has 0 fully saturated rings. The lowest BCUT2D eigenvalue weighted by Gasteiger charge is -2.14. The van der Waals surface area contributed by atoms with Crippen molar-refractivity contribution >= 4 is 39.3 Å². The Balaban J connectivity index is 1.64. The van der Waals surface area contributed by atoms with Crippen molar-refractivity contribution in [2.24, 2.45) is 0 Å². The predicted molar refractivity (Wildman–Crippen MR) is 100 cm³/mol. The number of ether oxygens (including phenoxy) is 2. The van der Waals surface area contributed by atoms with Gasteiger partial charge in [-0.25, -0.2) is 0 Å². The van der Waals surface area contributed by atoms with Gasteiger partial charge in [0.1, 0.15) is 0 Å². The van der Waals surface area contributed by atoms with Crippen LogP contribution in [0.4, 0.5) is 5.69 Å². The van der Waals surface area contributed by atoms with Crippen molar-refractivity contribution < 1.29 is 14.3 Å². The van der Waals surface area contributed by atoms with E-state index in [9.17, 15) is 4.79 Å². The molecule has 4 nitrogen and oxygen atoms in total. The lowest BCUT2D eigenvalue weighted by atomic mass is 10.3. The average Bonchev–Trinajstić information content (AvgIpc) is 2.79. The molecule has 0 unspecified atom stereocenters. The second-order valence-corrected chi connectivity index (χ2v) is 7.75. The number of nitrogens with one attached hydrogen (secondary N) is 1. The molecule has 1 heterocycles. The van der Waals surface area contributed by atoms with Gasteiger partial charge in [-0.3, -0.25) is 4.79 Å². The number of anilines is 1. The third-order valence-electron chi connectivity index (χ3n) is 3.49. The Morgan fingerprint density at radius 3 is 2.75 bits per heavy atom. The minimum atomic E-state index is -0.228. The van der Waals surface area contributed by atoms with E-state index in [0.717, 1.165) is 33.0 Å². The first-order valence-electron chi connectivity index (χ1n) is 7.74. The highest BCUT2D eigenvalue weighted by molar-refractivity contribution is 9.10. The van der Waals surface area contributed by atoms with Crippen LogP contribution in [0, 0.1) is 0 Å². The molecule has 0 aliphatic carbocycles. The lowest BCUT2D eigenvalue weighted by Crippen LogP contribution is -2.22. The molecule has 24 heavy (non-hydrogen) atoms. The lowest BCUT2D eigenvalue weighted by molar-refractivity contribution is -0.115. The van der Waals surface area contributed by atoms with Gasteiger partial charge < -0.3 is 14.8 Å². The maximum atomic E-state index is 12.4. The number of hydrogen-bond donors (Lipinski definition) is 1. The molecule has 6 heteroatoms. The van der Waals surface area contributed by atoms with Crippen LogP contribution in [0.1, 0.15) is 13.3 Å². The highest BCUT2D eigenvalue weighted by Gasteiger charge is 2.17. The van der Waals surface area contributed by atoms with Crippen LogP contribution in [0.25, 0.3) is 0 Å². The molecular formula is C18H18BrNO3S. The number of benzene rings is 2. The molecule has 0 saturated carbocycles. The second kappa shape index (κ2) is 7.94. The number of amides is 1. The van der Waals surface area contributed by atoms with Gasteiger partial charge in [0.25, 0.3) is 0 Å². The predicted octanol–water partition coefficient (Wildman–Crippen LogP) is 4.73. The maximum Gasteiger partial charge on any atom is 0.237 e. The molecule has 1 aliphatic rings. The molecule has 0 aromatic heterocycles. The molecule has 1 aliphatic heterocycles. The number of fused-ring (bicyclic) bond motifs is 1. The monoisotopic (exact) mass is 407 g/mol. The van der Waals surface area contributed by atoms with Crippen LogP contribution in [-0.2, 0) is 4.79 Å². The minimum absolute atomic E-state index is 0.0368. The molecule has 0 bridgehead atoms. The van der Waals surface area contributed by atoms with Crippen molar-refractivity contribution in [3.8, 4) is 11.5 Å². The molecule has 2 aromatic carbocycles. The molecule has 1 atom stereocenters. The zero-order valence-electron chi connectivity index (χ0n) is 13.3. The Morgan fingerprint density at radius 1 is 1.17 bits per heavy atom. The van der Waals surface area contributed by atoms with E-state index in [2.05, 4.69) is 21.2 Å². The summed E-state index contributed by atoms with van der Waals surface area (Å²) in [6.45, 7) is 3.21. The van der Waals surface area contributed by atoms with E-state index >= 15 is 0 Å². The largest absolute Gasteiger partial charge is 0.490 e. The first-order chi connectivity index (χ1) is 11.6. The van der Waals surface area contributed by atoms with Gasteiger partial charge in [-0.15, -0.1) is 11.8 Å². The van der Waals surface area contributed by atoms with E-state index in [4.69, 9.17) is 9.47 Å². The van der Waals surface area contributed by atoms with Gasteiger partial charge in [-0.1, -0.05) is 22.0 Å². The molecule has 1 amide bonds. The summed E-state index contributed by atoms with van der Waals surface area (Å²) < 4.78 is 12.3. The summed E-state index contributed by atoms with van der Waals surface area (Å²) in [5.74, 6) is 1.48. The summed E-state index contributed by atoms with van der Waals surface area (Å²) in [6.07, 6.45) is 0.878. The molecule has 0 saturated heterocycles. The Kier molecular flexibility index (Phi) is 5.68. The second-order valence-electron chi connectivity index (χ2n) is 5.42. The van der Waals surface area contributed by atoms with Gasteiger partial charge >= 0.3 is 0 Å². The zero-order valence-corrected chi connectivity index (χ0v) is 15.7. The average molecular weight is 408 g/mol.